The first-order valence-electron chi connectivity index (χ1n) is 19.4. The topological polar surface area (TPSA) is 17.0 Å². The van der Waals surface area contributed by atoms with Crippen LogP contribution in [0.2, 0.25) is 0 Å². The molecule has 0 fully saturated rings. The second-order valence-electron chi connectivity index (χ2n) is 14.6. The van der Waals surface area contributed by atoms with Gasteiger partial charge < -0.3 is 9.88 Å². The summed E-state index contributed by atoms with van der Waals surface area (Å²) in [4.78, 5) is 0. The summed E-state index contributed by atoms with van der Waals surface area (Å²) < 4.78 is 5.07. The Labute approximate surface area is 335 Å². The van der Waals surface area contributed by atoms with Crippen molar-refractivity contribution in [2.24, 2.45) is 0 Å². The van der Waals surface area contributed by atoms with Crippen molar-refractivity contribution in [3.63, 3.8) is 0 Å². The molecule has 11 aromatic rings. The van der Waals surface area contributed by atoms with Crippen LogP contribution in [-0.4, -0.2) is 4.57 Å². The molecule has 11 rings (SSSR count). The highest BCUT2D eigenvalue weighted by molar-refractivity contribution is 7.25. The van der Waals surface area contributed by atoms with E-state index in [1.54, 1.807) is 0 Å². The lowest BCUT2D eigenvalue weighted by Crippen LogP contribution is -1.95. The highest BCUT2D eigenvalue weighted by Crippen LogP contribution is 2.41. The van der Waals surface area contributed by atoms with Crippen LogP contribution in [0.3, 0.4) is 0 Å². The van der Waals surface area contributed by atoms with Crippen molar-refractivity contribution in [3.8, 4) is 50.2 Å². The van der Waals surface area contributed by atoms with E-state index in [0.717, 1.165) is 22.5 Å². The summed E-state index contributed by atoms with van der Waals surface area (Å²) in [6, 6.07) is 77.0. The summed E-state index contributed by atoms with van der Waals surface area (Å²) in [5, 5.41) is 8.88. The summed E-state index contributed by atoms with van der Waals surface area (Å²) in [7, 11) is 0. The van der Waals surface area contributed by atoms with Gasteiger partial charge in [-0.15, -0.1) is 11.3 Å². The average Bonchev–Trinajstić information content (AvgIpc) is 3.82. The maximum atomic E-state index is 3.77. The zero-order valence-corrected chi connectivity index (χ0v) is 31.9. The molecule has 0 spiro atoms. The molecule has 0 radical (unpaired) electrons. The van der Waals surface area contributed by atoms with Crippen molar-refractivity contribution in [1.29, 1.82) is 0 Å². The largest absolute Gasteiger partial charge is 0.355 e. The molecule has 0 atom stereocenters. The molecule has 0 amide bonds. The zero-order chi connectivity index (χ0) is 37.7. The molecule has 9 aromatic carbocycles. The fourth-order valence-corrected chi connectivity index (χ4v) is 9.45. The molecule has 1 N–H and O–H groups in total. The van der Waals surface area contributed by atoms with E-state index in [9.17, 15) is 0 Å². The lowest BCUT2D eigenvalue weighted by atomic mass is 9.95. The van der Waals surface area contributed by atoms with E-state index in [1.165, 1.54) is 81.0 Å². The van der Waals surface area contributed by atoms with Crippen LogP contribution in [0.25, 0.3) is 92.2 Å². The fraction of sp³-hybridized carbons (Fsp3) is 0. The molecule has 0 unspecified atom stereocenters. The molecule has 0 aliphatic heterocycles. The van der Waals surface area contributed by atoms with Gasteiger partial charge in [-0.25, -0.2) is 0 Å². The third kappa shape index (κ3) is 5.97. The van der Waals surface area contributed by atoms with Crippen LogP contribution < -0.4 is 5.32 Å². The monoisotopic (exact) mass is 744 g/mol. The number of fused-ring (bicyclic) bond motifs is 6. The highest BCUT2D eigenvalue weighted by Gasteiger charge is 2.16. The number of thiophene rings is 1. The van der Waals surface area contributed by atoms with Gasteiger partial charge in [-0.05, 0) is 106 Å². The van der Waals surface area contributed by atoms with E-state index in [1.807, 2.05) is 11.3 Å². The molecular weight excluding hydrogens is 709 g/mol. The summed E-state index contributed by atoms with van der Waals surface area (Å²) in [6.07, 6.45) is 0. The number of anilines is 2. The first-order valence-corrected chi connectivity index (χ1v) is 20.2. The summed E-state index contributed by atoms with van der Waals surface area (Å²) in [5.41, 5.74) is 15.2. The third-order valence-corrected chi connectivity index (χ3v) is 12.4. The van der Waals surface area contributed by atoms with Gasteiger partial charge in [0.05, 0.1) is 11.0 Å². The van der Waals surface area contributed by atoms with Crippen molar-refractivity contribution >= 4 is 64.7 Å². The zero-order valence-electron chi connectivity index (χ0n) is 31.1. The van der Waals surface area contributed by atoms with Gasteiger partial charge in [-0.3, -0.25) is 0 Å². The molecule has 0 bridgehead atoms. The van der Waals surface area contributed by atoms with Crippen molar-refractivity contribution in [2.75, 3.05) is 5.32 Å². The highest BCUT2D eigenvalue weighted by atomic mass is 32.1. The predicted octanol–water partition coefficient (Wildman–Crippen LogP) is 15.6. The predicted molar refractivity (Wildman–Crippen MR) is 245 cm³/mol. The van der Waals surface area contributed by atoms with Crippen molar-refractivity contribution in [1.82, 2.24) is 4.57 Å². The van der Waals surface area contributed by atoms with Crippen LogP contribution in [0.5, 0.6) is 0 Å². The Morgan fingerprint density at radius 1 is 0.333 bits per heavy atom. The second-order valence-corrected chi connectivity index (χ2v) is 15.7. The van der Waals surface area contributed by atoms with Gasteiger partial charge in [0, 0.05) is 53.6 Å². The van der Waals surface area contributed by atoms with Gasteiger partial charge >= 0.3 is 0 Å². The van der Waals surface area contributed by atoms with Gasteiger partial charge in [0.2, 0.25) is 0 Å². The summed E-state index contributed by atoms with van der Waals surface area (Å²) in [6.45, 7) is 0. The molecule has 2 heterocycles. The van der Waals surface area contributed by atoms with Crippen LogP contribution in [0.15, 0.2) is 212 Å². The smallest absolute Gasteiger partial charge is 0.0541 e. The normalized spacial score (nSPS) is 11.5. The first-order chi connectivity index (χ1) is 28.2. The number of nitrogens with zero attached hydrogens (tertiary/aromatic N) is 1. The molecule has 0 aliphatic carbocycles. The van der Waals surface area contributed by atoms with Gasteiger partial charge in [-0.2, -0.15) is 0 Å². The Bertz CT molecular complexity index is 3230. The van der Waals surface area contributed by atoms with Crippen molar-refractivity contribution < 1.29 is 0 Å². The molecule has 0 saturated carbocycles. The lowest BCUT2D eigenvalue weighted by Gasteiger charge is -2.16. The number of hydrogen-bond acceptors (Lipinski definition) is 2. The Morgan fingerprint density at radius 3 is 1.63 bits per heavy atom. The van der Waals surface area contributed by atoms with Crippen molar-refractivity contribution in [2.45, 2.75) is 0 Å². The average molecular weight is 745 g/mol. The van der Waals surface area contributed by atoms with E-state index < -0.39 is 0 Å². The van der Waals surface area contributed by atoms with Crippen LogP contribution in [-0.2, 0) is 0 Å². The lowest BCUT2D eigenvalue weighted by molar-refractivity contribution is 1.19. The van der Waals surface area contributed by atoms with Crippen LogP contribution in [0.1, 0.15) is 0 Å². The molecule has 2 nitrogen and oxygen atoms in total. The number of para-hydroxylation sites is 1. The van der Waals surface area contributed by atoms with E-state index >= 15 is 0 Å². The number of aromatic nitrogens is 1. The minimum Gasteiger partial charge on any atom is -0.355 e. The maximum absolute atomic E-state index is 3.77. The molecule has 0 saturated heterocycles. The SMILES string of the molecule is c1ccc(-c2ccc(Nc3ccc(-c4ccc5c(c4)c4ccccc4n5-c4ccc5sc6ccccc6c5c4)cc3-c3ccc(-c4ccccc4)cc3)cc2)cc1. The van der Waals surface area contributed by atoms with E-state index in [2.05, 4.69) is 222 Å². The Morgan fingerprint density at radius 2 is 0.877 bits per heavy atom. The van der Waals surface area contributed by atoms with Crippen LogP contribution in [0, 0.1) is 0 Å². The number of benzene rings is 9. The van der Waals surface area contributed by atoms with Crippen LogP contribution >= 0.6 is 11.3 Å². The number of nitrogens with one attached hydrogen (secondary N) is 1. The molecular formula is C54H36N2S. The standard InChI is InChI=1S/C54H36N2S/c1-3-11-36(12-4-1)38-19-21-40(22-20-38)47-33-41(25-30-50(47)55-43-27-23-39(24-28-43)37-13-5-2-6-14-37)42-26-31-52-48(34-42)45-15-7-9-17-51(45)56(52)44-29-32-54-49(35-44)46-16-8-10-18-53(46)57-54/h1-35,55H. The molecule has 3 heteroatoms. The second kappa shape index (κ2) is 13.8. The van der Waals surface area contributed by atoms with Crippen molar-refractivity contribution in [3.05, 3.63) is 212 Å². The molecule has 268 valence electrons. The summed E-state index contributed by atoms with van der Waals surface area (Å²) in [5.74, 6) is 0. The minimum atomic E-state index is 1.05. The van der Waals surface area contributed by atoms with E-state index in [4.69, 9.17) is 0 Å². The van der Waals surface area contributed by atoms with Gasteiger partial charge in [0.25, 0.3) is 0 Å². The fourth-order valence-electron chi connectivity index (χ4n) is 8.36. The minimum absolute atomic E-state index is 1.05. The summed E-state index contributed by atoms with van der Waals surface area (Å²) >= 11 is 1.86. The molecule has 57 heavy (non-hydrogen) atoms. The molecule has 0 aliphatic rings. The quantitative estimate of drug-likeness (QED) is 0.172. The third-order valence-electron chi connectivity index (χ3n) is 11.2. The Kier molecular flexibility index (Phi) is 8.04. The van der Waals surface area contributed by atoms with Gasteiger partial charge in [0.15, 0.2) is 0 Å². The maximum Gasteiger partial charge on any atom is 0.0541 e. The Balaban J connectivity index is 1.01. The van der Waals surface area contributed by atoms with E-state index in [-0.39, 0.29) is 0 Å². The van der Waals surface area contributed by atoms with Crippen LogP contribution in [0.4, 0.5) is 11.4 Å². The number of rotatable bonds is 7. The number of hydrogen-bond donors (Lipinski definition) is 1. The Hall–Kier alpha value is -7.20. The van der Waals surface area contributed by atoms with Gasteiger partial charge in [0.1, 0.15) is 0 Å². The molecule has 2 aromatic heterocycles. The van der Waals surface area contributed by atoms with Gasteiger partial charge in [-0.1, -0.05) is 146 Å². The first kappa shape index (κ1) is 33.2. The van der Waals surface area contributed by atoms with E-state index in [0.29, 0.717) is 0 Å².